The van der Waals surface area contributed by atoms with Crippen molar-refractivity contribution in [1.29, 1.82) is 0 Å². The molecule has 0 aliphatic carbocycles. The molecule has 2 atom stereocenters. The van der Waals surface area contributed by atoms with E-state index in [4.69, 9.17) is 0 Å². The molecule has 4 nitrogen and oxygen atoms in total. The maximum atomic E-state index is 12.7. The molecule has 1 rings (SSSR count). The predicted octanol–water partition coefficient (Wildman–Crippen LogP) is 2.99. The number of carbonyl (C=O) groups excluding carboxylic acids is 2. The van der Waals surface area contributed by atoms with Gasteiger partial charge < -0.3 is 5.32 Å². The molecule has 2 unspecified atom stereocenters. The Morgan fingerprint density at radius 2 is 1.95 bits per heavy atom. The van der Waals surface area contributed by atoms with Gasteiger partial charge in [0.25, 0.3) is 5.91 Å². The highest BCUT2D eigenvalue weighted by Gasteiger charge is 2.54. The number of urea groups is 1. The number of hydrogen-bond donors (Lipinski definition) is 1. The summed E-state index contributed by atoms with van der Waals surface area (Å²) >= 11 is 0. The fraction of sp³-hybridized carbons (Fsp3) is 0.692. The number of rotatable bonds is 4. The molecule has 1 fully saturated rings. The fourth-order valence-electron chi connectivity index (χ4n) is 2.02. The van der Waals surface area contributed by atoms with Crippen molar-refractivity contribution in [3.8, 4) is 0 Å². The van der Waals surface area contributed by atoms with Crippen LogP contribution in [0.3, 0.4) is 0 Å². The minimum Gasteiger partial charge on any atom is -0.323 e. The van der Waals surface area contributed by atoms with Gasteiger partial charge in [0.2, 0.25) is 0 Å². The monoisotopic (exact) mass is 292 g/mol. The molecule has 0 aromatic heterocycles. The van der Waals surface area contributed by atoms with E-state index in [1.807, 2.05) is 19.9 Å². The Kier molecular flexibility index (Phi) is 4.51. The first-order chi connectivity index (χ1) is 8.99. The van der Waals surface area contributed by atoms with Crippen molar-refractivity contribution in [2.24, 2.45) is 0 Å². The van der Waals surface area contributed by atoms with Gasteiger partial charge in [0, 0.05) is 0 Å². The molecule has 1 aliphatic heterocycles. The molecule has 3 amide bonds. The van der Waals surface area contributed by atoms with Crippen molar-refractivity contribution in [3.63, 3.8) is 0 Å². The summed E-state index contributed by atoms with van der Waals surface area (Å²) in [6.07, 6.45) is -1.97. The van der Waals surface area contributed by atoms with Crippen LogP contribution >= 0.6 is 0 Å². The van der Waals surface area contributed by atoms with Crippen molar-refractivity contribution < 1.29 is 22.8 Å². The van der Waals surface area contributed by atoms with Gasteiger partial charge in [0.15, 0.2) is 0 Å². The minimum atomic E-state index is -4.63. The summed E-state index contributed by atoms with van der Waals surface area (Å²) in [4.78, 5) is 24.1. The van der Waals surface area contributed by atoms with Gasteiger partial charge in [0.05, 0.1) is 0 Å². The average Bonchev–Trinajstić information content (AvgIpc) is 2.47. The van der Waals surface area contributed by atoms with Crippen LogP contribution in [0.25, 0.3) is 0 Å². The van der Waals surface area contributed by atoms with E-state index in [0.717, 1.165) is 12.5 Å². The van der Waals surface area contributed by atoms with Crippen LogP contribution in [0.4, 0.5) is 18.0 Å². The van der Waals surface area contributed by atoms with Gasteiger partial charge in [-0.15, -0.1) is 0 Å². The lowest BCUT2D eigenvalue weighted by atomic mass is 9.95. The second kappa shape index (κ2) is 5.46. The lowest BCUT2D eigenvalue weighted by Gasteiger charge is -2.25. The van der Waals surface area contributed by atoms with Crippen molar-refractivity contribution in [2.45, 2.75) is 58.3 Å². The normalized spacial score (nSPS) is 24.6. The van der Waals surface area contributed by atoms with Gasteiger partial charge in [-0.2, -0.15) is 13.2 Å². The van der Waals surface area contributed by atoms with Gasteiger partial charge in [-0.05, 0) is 40.5 Å². The molecular formula is C13H19F3N2O2. The van der Waals surface area contributed by atoms with E-state index in [-0.39, 0.29) is 11.3 Å². The molecular weight excluding hydrogens is 273 g/mol. The molecule has 7 heteroatoms. The quantitative estimate of drug-likeness (QED) is 0.639. The Morgan fingerprint density at radius 1 is 1.40 bits per heavy atom. The molecule has 1 heterocycles. The van der Waals surface area contributed by atoms with E-state index >= 15 is 0 Å². The zero-order valence-corrected chi connectivity index (χ0v) is 12.0. The first-order valence-corrected chi connectivity index (χ1v) is 6.35. The Morgan fingerprint density at radius 3 is 2.40 bits per heavy atom. The summed E-state index contributed by atoms with van der Waals surface area (Å²) in [5.74, 6) is -0.825. The number of allylic oxidation sites excluding steroid dienone is 2. The number of alkyl halides is 3. The van der Waals surface area contributed by atoms with Gasteiger partial charge in [0.1, 0.15) is 11.6 Å². The Balaban J connectivity index is 2.88. The number of nitrogens with one attached hydrogen (secondary N) is 1. The highest BCUT2D eigenvalue weighted by molar-refractivity contribution is 6.07. The lowest BCUT2D eigenvalue weighted by molar-refractivity contribution is -0.177. The molecule has 0 aromatic carbocycles. The second-order valence-electron chi connectivity index (χ2n) is 5.48. The van der Waals surface area contributed by atoms with Crippen LogP contribution in [0, 0.1) is 0 Å². The fourth-order valence-corrected chi connectivity index (χ4v) is 2.02. The van der Waals surface area contributed by atoms with Crippen molar-refractivity contribution >= 4 is 11.9 Å². The molecule has 0 radical (unpaired) electrons. The maximum absolute atomic E-state index is 12.7. The molecule has 0 saturated carbocycles. The zero-order chi connectivity index (χ0) is 15.7. The van der Waals surface area contributed by atoms with Crippen LogP contribution < -0.4 is 5.32 Å². The highest BCUT2D eigenvalue weighted by atomic mass is 19.4. The Labute approximate surface area is 116 Å². The number of halogens is 3. The summed E-state index contributed by atoms with van der Waals surface area (Å²) in [5.41, 5.74) is -0.228. The van der Waals surface area contributed by atoms with Gasteiger partial charge in [-0.25, -0.2) is 4.79 Å². The number of amides is 3. The molecule has 20 heavy (non-hydrogen) atoms. The first kappa shape index (κ1) is 16.5. The van der Waals surface area contributed by atoms with Gasteiger partial charge in [-0.3, -0.25) is 9.69 Å². The maximum Gasteiger partial charge on any atom is 0.409 e. The van der Waals surface area contributed by atoms with Crippen molar-refractivity contribution in [3.05, 3.63) is 11.6 Å². The third-order valence-electron chi connectivity index (χ3n) is 3.35. The van der Waals surface area contributed by atoms with Gasteiger partial charge in [-0.1, -0.05) is 11.6 Å². The zero-order valence-electron chi connectivity index (χ0n) is 12.0. The Hall–Kier alpha value is -1.53. The van der Waals surface area contributed by atoms with E-state index in [1.165, 1.54) is 6.92 Å². The lowest BCUT2D eigenvalue weighted by Crippen LogP contribution is -2.49. The summed E-state index contributed by atoms with van der Waals surface area (Å²) in [5, 5.41) is 2.37. The van der Waals surface area contributed by atoms with Crippen molar-refractivity contribution in [1.82, 2.24) is 10.2 Å². The smallest absolute Gasteiger partial charge is 0.323 e. The van der Waals surface area contributed by atoms with Gasteiger partial charge >= 0.3 is 12.2 Å². The number of imide groups is 1. The Bertz CT molecular complexity index is 441. The van der Waals surface area contributed by atoms with Crippen LogP contribution in [0.2, 0.25) is 0 Å². The van der Waals surface area contributed by atoms with Crippen LogP contribution in [0.1, 0.15) is 40.5 Å². The van der Waals surface area contributed by atoms with Crippen molar-refractivity contribution in [2.75, 3.05) is 0 Å². The third-order valence-corrected chi connectivity index (χ3v) is 3.35. The second-order valence-corrected chi connectivity index (χ2v) is 5.48. The third kappa shape index (κ3) is 3.32. The molecule has 1 N–H and O–H groups in total. The number of carbonyl (C=O) groups is 2. The van der Waals surface area contributed by atoms with Crippen LogP contribution in [0.15, 0.2) is 11.6 Å². The largest absolute Gasteiger partial charge is 0.409 e. The first-order valence-electron chi connectivity index (χ1n) is 6.35. The molecule has 114 valence electrons. The molecule has 1 saturated heterocycles. The standard InChI is InChI=1S/C13H19F3N2O2/c1-8(2)6-5-7-12(4)10(19)18(11(20)17-12)9(3)13(14,15)16/h6,9H,5,7H2,1-4H3,(H,17,20). The van der Waals surface area contributed by atoms with E-state index < -0.39 is 29.7 Å². The minimum absolute atomic E-state index is 0.266. The number of nitrogens with zero attached hydrogens (tertiary/aromatic N) is 1. The van der Waals surface area contributed by atoms with E-state index in [2.05, 4.69) is 5.32 Å². The van der Waals surface area contributed by atoms with Crippen LogP contribution in [0.5, 0.6) is 0 Å². The van der Waals surface area contributed by atoms with Crippen LogP contribution in [-0.2, 0) is 4.79 Å². The predicted molar refractivity (Wildman–Crippen MR) is 68.0 cm³/mol. The molecule has 0 aromatic rings. The molecule has 0 spiro atoms. The van der Waals surface area contributed by atoms with E-state index in [0.29, 0.717) is 6.42 Å². The molecule has 1 aliphatic rings. The summed E-state index contributed by atoms with van der Waals surface area (Å²) in [6, 6.07) is -3.11. The summed E-state index contributed by atoms with van der Waals surface area (Å²) < 4.78 is 38.0. The number of hydrogen-bond acceptors (Lipinski definition) is 2. The molecule has 0 bridgehead atoms. The van der Waals surface area contributed by atoms with E-state index in [9.17, 15) is 22.8 Å². The SMILES string of the molecule is CC(C)=CCCC1(C)NC(=O)N(C(C)C(F)(F)F)C1=O. The summed E-state index contributed by atoms with van der Waals surface area (Å²) in [6.45, 7) is 6.03. The topological polar surface area (TPSA) is 49.4 Å². The van der Waals surface area contributed by atoms with E-state index in [1.54, 1.807) is 0 Å². The summed E-state index contributed by atoms with van der Waals surface area (Å²) in [7, 11) is 0. The average molecular weight is 292 g/mol. The highest BCUT2D eigenvalue weighted by Crippen LogP contribution is 2.31. The van der Waals surface area contributed by atoms with Crippen LogP contribution in [-0.4, -0.2) is 34.6 Å².